The minimum atomic E-state index is 0.421. The molecule has 2 unspecified atom stereocenters. The number of halogens is 1. The van der Waals surface area contributed by atoms with Crippen molar-refractivity contribution in [1.82, 2.24) is 9.88 Å². The Morgan fingerprint density at radius 3 is 2.65 bits per heavy atom. The molecule has 2 bridgehead atoms. The first-order chi connectivity index (χ1) is 8.22. The number of aromatic nitrogens is 1. The van der Waals surface area contributed by atoms with Crippen molar-refractivity contribution in [1.29, 1.82) is 0 Å². The molecule has 2 N–H and O–H groups in total. The highest BCUT2D eigenvalue weighted by Gasteiger charge is 2.39. The molecule has 0 amide bonds. The van der Waals surface area contributed by atoms with Gasteiger partial charge in [-0.3, -0.25) is 9.88 Å². The molecule has 92 valence electrons. The van der Waals surface area contributed by atoms with E-state index in [4.69, 9.17) is 5.73 Å². The van der Waals surface area contributed by atoms with E-state index in [1.165, 1.54) is 18.4 Å². The Morgan fingerprint density at radius 1 is 1.29 bits per heavy atom. The predicted molar refractivity (Wildman–Crippen MR) is 71.5 cm³/mol. The number of hydrogen-bond acceptors (Lipinski definition) is 3. The van der Waals surface area contributed by atoms with Gasteiger partial charge >= 0.3 is 0 Å². The maximum absolute atomic E-state index is 6.09. The molecular weight excluding hydrogens is 278 g/mol. The molecule has 0 radical (unpaired) electrons. The molecule has 1 aromatic heterocycles. The van der Waals surface area contributed by atoms with Gasteiger partial charge in [-0.25, -0.2) is 0 Å². The molecule has 2 aliphatic rings. The van der Waals surface area contributed by atoms with Crippen LogP contribution in [0.1, 0.15) is 31.2 Å². The van der Waals surface area contributed by atoms with Gasteiger partial charge in [-0.1, -0.05) is 0 Å². The quantitative estimate of drug-likeness (QED) is 0.910. The van der Waals surface area contributed by atoms with Crippen LogP contribution in [0.25, 0.3) is 0 Å². The Balaban J connectivity index is 1.74. The van der Waals surface area contributed by atoms with E-state index in [1.54, 1.807) is 0 Å². The zero-order valence-electron chi connectivity index (χ0n) is 9.85. The highest BCUT2D eigenvalue weighted by atomic mass is 79.9. The Hall–Kier alpha value is -0.450. The lowest BCUT2D eigenvalue weighted by atomic mass is 9.98. The summed E-state index contributed by atoms with van der Waals surface area (Å²) in [5.41, 5.74) is 7.39. The molecule has 2 saturated heterocycles. The van der Waals surface area contributed by atoms with Gasteiger partial charge in [0.2, 0.25) is 0 Å². The van der Waals surface area contributed by atoms with Crippen molar-refractivity contribution in [3.8, 4) is 0 Å². The van der Waals surface area contributed by atoms with E-state index in [0.717, 1.165) is 23.9 Å². The summed E-state index contributed by atoms with van der Waals surface area (Å²) >= 11 is 3.48. The van der Waals surface area contributed by atoms with Crippen LogP contribution in [0.3, 0.4) is 0 Å². The molecule has 3 heterocycles. The summed E-state index contributed by atoms with van der Waals surface area (Å²) in [6, 6.07) is 3.98. The molecule has 2 aliphatic heterocycles. The first-order valence-corrected chi connectivity index (χ1v) is 7.12. The standard InChI is InChI=1S/C13H18BrN3/c14-10-3-9(6-16-7-10)8-17-12-1-2-13(17)5-11(15)4-12/h3,6-7,11-13H,1-2,4-5,8,15H2. The largest absolute Gasteiger partial charge is 0.328 e. The van der Waals surface area contributed by atoms with Gasteiger partial charge in [0.25, 0.3) is 0 Å². The molecule has 4 heteroatoms. The van der Waals surface area contributed by atoms with Crippen LogP contribution in [0.5, 0.6) is 0 Å². The van der Waals surface area contributed by atoms with E-state index in [9.17, 15) is 0 Å². The number of hydrogen-bond donors (Lipinski definition) is 1. The number of nitrogens with two attached hydrogens (primary N) is 1. The summed E-state index contributed by atoms with van der Waals surface area (Å²) in [4.78, 5) is 6.87. The summed E-state index contributed by atoms with van der Waals surface area (Å²) in [5.74, 6) is 0. The van der Waals surface area contributed by atoms with Crippen molar-refractivity contribution in [2.24, 2.45) is 5.73 Å². The molecule has 0 aromatic carbocycles. The average Bonchev–Trinajstić information content (AvgIpc) is 2.54. The third-order valence-electron chi connectivity index (χ3n) is 4.05. The number of nitrogens with zero attached hydrogens (tertiary/aromatic N) is 2. The third kappa shape index (κ3) is 2.39. The van der Waals surface area contributed by atoms with Gasteiger partial charge in [-0.05, 0) is 53.2 Å². The van der Waals surface area contributed by atoms with E-state index < -0.39 is 0 Å². The molecule has 3 rings (SSSR count). The number of piperidine rings is 1. The normalized spacial score (nSPS) is 32.9. The first-order valence-electron chi connectivity index (χ1n) is 6.33. The Bertz CT molecular complexity index is 395. The van der Waals surface area contributed by atoms with Gasteiger partial charge in [0.15, 0.2) is 0 Å². The summed E-state index contributed by atoms with van der Waals surface area (Å²) in [6.07, 6.45) is 8.78. The first kappa shape index (κ1) is 11.6. The van der Waals surface area contributed by atoms with Crippen LogP contribution in [0.2, 0.25) is 0 Å². The summed E-state index contributed by atoms with van der Waals surface area (Å²) in [5, 5.41) is 0. The highest BCUT2D eigenvalue weighted by Crippen LogP contribution is 2.36. The van der Waals surface area contributed by atoms with Crippen LogP contribution in [-0.4, -0.2) is 28.0 Å². The Morgan fingerprint density at radius 2 is 2.00 bits per heavy atom. The fourth-order valence-electron chi connectivity index (χ4n) is 3.33. The van der Waals surface area contributed by atoms with Crippen LogP contribution in [0, 0.1) is 0 Å². The highest BCUT2D eigenvalue weighted by molar-refractivity contribution is 9.10. The lowest BCUT2D eigenvalue weighted by Gasteiger charge is -2.37. The van der Waals surface area contributed by atoms with E-state index >= 15 is 0 Å². The molecular formula is C13H18BrN3. The molecule has 2 atom stereocenters. The molecule has 3 nitrogen and oxygen atoms in total. The van der Waals surface area contributed by atoms with Crippen molar-refractivity contribution in [2.45, 2.75) is 50.4 Å². The van der Waals surface area contributed by atoms with Crippen molar-refractivity contribution < 1.29 is 0 Å². The lowest BCUT2D eigenvalue weighted by molar-refractivity contribution is 0.120. The third-order valence-corrected chi connectivity index (χ3v) is 4.48. The van der Waals surface area contributed by atoms with Crippen molar-refractivity contribution in [3.05, 3.63) is 28.5 Å². The van der Waals surface area contributed by atoms with Crippen LogP contribution in [0.15, 0.2) is 22.9 Å². The van der Waals surface area contributed by atoms with Crippen LogP contribution >= 0.6 is 15.9 Å². The fourth-order valence-corrected chi connectivity index (χ4v) is 3.74. The summed E-state index contributed by atoms with van der Waals surface area (Å²) < 4.78 is 1.07. The molecule has 0 saturated carbocycles. The predicted octanol–water partition coefficient (Wildman–Crippen LogP) is 2.30. The van der Waals surface area contributed by atoms with Gasteiger partial charge in [0.1, 0.15) is 0 Å². The molecule has 0 spiro atoms. The minimum absolute atomic E-state index is 0.421. The lowest BCUT2D eigenvalue weighted by Crippen LogP contribution is -2.46. The molecule has 0 aliphatic carbocycles. The number of fused-ring (bicyclic) bond motifs is 2. The topological polar surface area (TPSA) is 42.1 Å². The summed E-state index contributed by atoms with van der Waals surface area (Å²) in [6.45, 7) is 1.02. The van der Waals surface area contributed by atoms with E-state index in [1.807, 2.05) is 12.4 Å². The van der Waals surface area contributed by atoms with Gasteiger partial charge in [-0.15, -0.1) is 0 Å². The van der Waals surface area contributed by atoms with E-state index in [0.29, 0.717) is 18.1 Å². The molecule has 1 aromatic rings. The number of rotatable bonds is 2. The Kier molecular flexibility index (Phi) is 3.19. The van der Waals surface area contributed by atoms with Gasteiger partial charge in [0, 0.05) is 41.5 Å². The zero-order chi connectivity index (χ0) is 11.8. The van der Waals surface area contributed by atoms with Crippen LogP contribution in [-0.2, 0) is 6.54 Å². The minimum Gasteiger partial charge on any atom is -0.328 e. The zero-order valence-corrected chi connectivity index (χ0v) is 11.4. The van der Waals surface area contributed by atoms with E-state index in [2.05, 4.69) is 31.9 Å². The molecule has 17 heavy (non-hydrogen) atoms. The van der Waals surface area contributed by atoms with Crippen molar-refractivity contribution >= 4 is 15.9 Å². The smallest absolute Gasteiger partial charge is 0.0410 e. The summed E-state index contributed by atoms with van der Waals surface area (Å²) in [7, 11) is 0. The maximum Gasteiger partial charge on any atom is 0.0410 e. The fraction of sp³-hybridized carbons (Fsp3) is 0.615. The second-order valence-corrected chi connectivity index (χ2v) is 6.22. The van der Waals surface area contributed by atoms with Crippen molar-refractivity contribution in [3.63, 3.8) is 0 Å². The average molecular weight is 296 g/mol. The van der Waals surface area contributed by atoms with Crippen molar-refractivity contribution in [2.75, 3.05) is 0 Å². The second kappa shape index (κ2) is 4.67. The van der Waals surface area contributed by atoms with Gasteiger partial charge in [-0.2, -0.15) is 0 Å². The SMILES string of the molecule is NC1CC2CCC(C1)N2Cc1cncc(Br)c1. The van der Waals surface area contributed by atoms with Crippen LogP contribution < -0.4 is 5.73 Å². The van der Waals surface area contributed by atoms with Crippen LogP contribution in [0.4, 0.5) is 0 Å². The van der Waals surface area contributed by atoms with Gasteiger partial charge < -0.3 is 5.73 Å². The van der Waals surface area contributed by atoms with Gasteiger partial charge in [0.05, 0.1) is 0 Å². The molecule has 2 fully saturated rings. The second-order valence-electron chi connectivity index (χ2n) is 5.30. The monoisotopic (exact) mass is 295 g/mol. The number of pyridine rings is 1. The maximum atomic E-state index is 6.09. The van der Waals surface area contributed by atoms with E-state index in [-0.39, 0.29) is 0 Å². The Labute approximate surface area is 111 Å².